The lowest BCUT2D eigenvalue weighted by atomic mass is 10.0. The number of aromatic hydroxyl groups is 1. The third kappa shape index (κ3) is 12.9. The summed E-state index contributed by atoms with van der Waals surface area (Å²) in [6.07, 6.45) is 1.92. The van der Waals surface area contributed by atoms with Crippen LogP contribution in [0.2, 0.25) is 0 Å². The molecular formula is C24H40N8O7. The number of unbranched alkanes of at least 4 members (excludes halogenated alkanes) is 1. The maximum atomic E-state index is 13.3. The van der Waals surface area contributed by atoms with E-state index in [4.69, 9.17) is 28.0 Å². The van der Waals surface area contributed by atoms with Crippen LogP contribution in [0.15, 0.2) is 29.3 Å². The second-order valence-corrected chi connectivity index (χ2v) is 8.91. The molecule has 4 atom stereocenters. The number of nitrogens with two attached hydrogens (primary N) is 4. The van der Waals surface area contributed by atoms with Gasteiger partial charge in [0.2, 0.25) is 17.7 Å². The van der Waals surface area contributed by atoms with Gasteiger partial charge in [-0.25, -0.2) is 4.79 Å². The lowest BCUT2D eigenvalue weighted by Crippen LogP contribution is -2.58. The van der Waals surface area contributed by atoms with Crippen LogP contribution in [-0.2, 0) is 25.6 Å². The average Bonchev–Trinajstić information content (AvgIpc) is 2.89. The summed E-state index contributed by atoms with van der Waals surface area (Å²) in [5.41, 5.74) is 22.7. The standard InChI is InChI=1S/C24H40N8O7/c25-10-2-1-4-16(26)20(35)31-18(12-14-6-8-15(34)9-7-14)22(37)30-17(5-3-11-29-24(27)28)21(36)32-19(13-33)23(38)39/h6-9,16-19,33-34H,1-5,10-13,25-26H2,(H,30,37)(H,31,35)(H,32,36)(H,38,39)(H4,27,28,29)/t16-,17-,18-,19-/m0/s1. The molecule has 0 spiro atoms. The minimum atomic E-state index is -1.59. The Balaban J connectivity index is 3.11. The van der Waals surface area contributed by atoms with Gasteiger partial charge in [-0.1, -0.05) is 18.6 Å². The minimum Gasteiger partial charge on any atom is -0.508 e. The zero-order valence-corrected chi connectivity index (χ0v) is 21.7. The molecule has 218 valence electrons. The Morgan fingerprint density at radius 1 is 0.846 bits per heavy atom. The first-order valence-corrected chi connectivity index (χ1v) is 12.5. The van der Waals surface area contributed by atoms with Gasteiger partial charge in [-0.05, 0) is 49.9 Å². The third-order valence-electron chi connectivity index (χ3n) is 5.69. The van der Waals surface area contributed by atoms with Gasteiger partial charge in [-0.15, -0.1) is 0 Å². The van der Waals surface area contributed by atoms with Crippen molar-refractivity contribution in [1.29, 1.82) is 0 Å². The molecule has 3 amide bonds. The van der Waals surface area contributed by atoms with Crippen LogP contribution in [-0.4, -0.2) is 88.8 Å². The molecule has 15 heteroatoms. The molecule has 0 aliphatic carbocycles. The Kier molecular flexibility index (Phi) is 14.9. The summed E-state index contributed by atoms with van der Waals surface area (Å²) in [6.45, 7) is -0.279. The number of nitrogens with zero attached hydrogens (tertiary/aromatic N) is 1. The number of aliphatic imine (C=N–C) groups is 1. The highest BCUT2D eigenvalue weighted by molar-refractivity contribution is 5.94. The monoisotopic (exact) mass is 552 g/mol. The average molecular weight is 553 g/mol. The molecule has 14 N–H and O–H groups in total. The number of carboxylic acid groups (broad SMARTS) is 1. The minimum absolute atomic E-state index is 0.00407. The van der Waals surface area contributed by atoms with Gasteiger partial charge in [0.05, 0.1) is 12.6 Å². The van der Waals surface area contributed by atoms with Crippen molar-refractivity contribution in [3.05, 3.63) is 29.8 Å². The number of nitrogens with one attached hydrogen (secondary N) is 3. The van der Waals surface area contributed by atoms with Crippen LogP contribution in [0.3, 0.4) is 0 Å². The summed E-state index contributed by atoms with van der Waals surface area (Å²) in [4.78, 5) is 54.0. The van der Waals surface area contributed by atoms with Crippen molar-refractivity contribution in [2.45, 2.75) is 62.7 Å². The number of phenolic OH excluding ortho intramolecular Hbond substituents is 1. The van der Waals surface area contributed by atoms with Gasteiger partial charge in [0, 0.05) is 13.0 Å². The highest BCUT2D eigenvalue weighted by Crippen LogP contribution is 2.12. The molecule has 0 aliphatic heterocycles. The van der Waals surface area contributed by atoms with E-state index in [9.17, 15) is 29.4 Å². The zero-order chi connectivity index (χ0) is 29.4. The lowest BCUT2D eigenvalue weighted by Gasteiger charge is -2.25. The quantitative estimate of drug-likeness (QED) is 0.0496. The van der Waals surface area contributed by atoms with Crippen LogP contribution in [0, 0.1) is 0 Å². The molecule has 1 aromatic rings. The smallest absolute Gasteiger partial charge is 0.328 e. The van der Waals surface area contributed by atoms with Crippen molar-refractivity contribution in [1.82, 2.24) is 16.0 Å². The number of aliphatic hydroxyl groups excluding tert-OH is 1. The number of aliphatic hydroxyl groups is 1. The van der Waals surface area contributed by atoms with Crippen LogP contribution < -0.4 is 38.9 Å². The maximum Gasteiger partial charge on any atom is 0.328 e. The second-order valence-electron chi connectivity index (χ2n) is 8.91. The number of rotatable bonds is 18. The van der Waals surface area contributed by atoms with Gasteiger partial charge >= 0.3 is 5.97 Å². The number of phenols is 1. The van der Waals surface area contributed by atoms with Crippen molar-refractivity contribution < 1.29 is 34.5 Å². The number of guanidine groups is 1. The number of carbonyl (C=O) groups is 4. The SMILES string of the molecule is NCCCC[C@H](N)C(=O)N[C@@H](Cc1ccc(O)cc1)C(=O)N[C@@H](CCCN=C(N)N)C(=O)N[C@@H](CO)C(=O)O. The molecule has 0 fully saturated rings. The fraction of sp³-hybridized carbons (Fsp3) is 0.542. The van der Waals surface area contributed by atoms with E-state index in [2.05, 4.69) is 20.9 Å². The van der Waals surface area contributed by atoms with Gasteiger partial charge in [0.1, 0.15) is 23.9 Å². The predicted octanol–water partition coefficient (Wildman–Crippen LogP) is -3.02. The van der Waals surface area contributed by atoms with Gasteiger partial charge < -0.3 is 54.2 Å². The first-order chi connectivity index (χ1) is 18.5. The van der Waals surface area contributed by atoms with E-state index in [0.717, 1.165) is 0 Å². The summed E-state index contributed by atoms with van der Waals surface area (Å²) in [6, 6.07) is 1.10. The maximum absolute atomic E-state index is 13.3. The normalized spacial score (nSPS) is 13.8. The summed E-state index contributed by atoms with van der Waals surface area (Å²) in [5, 5.41) is 35.3. The number of benzene rings is 1. The molecule has 39 heavy (non-hydrogen) atoms. The molecule has 0 aromatic heterocycles. The molecular weight excluding hydrogens is 512 g/mol. The van der Waals surface area contributed by atoms with E-state index in [0.29, 0.717) is 31.4 Å². The summed E-state index contributed by atoms with van der Waals surface area (Å²) in [7, 11) is 0. The fourth-order valence-electron chi connectivity index (χ4n) is 3.50. The highest BCUT2D eigenvalue weighted by atomic mass is 16.4. The molecule has 0 saturated heterocycles. The van der Waals surface area contributed by atoms with Crippen molar-refractivity contribution in [3.8, 4) is 5.75 Å². The lowest BCUT2D eigenvalue weighted by molar-refractivity contribution is -0.143. The second kappa shape index (κ2) is 17.5. The molecule has 15 nitrogen and oxygen atoms in total. The molecule has 1 aromatic carbocycles. The van der Waals surface area contributed by atoms with E-state index in [1.54, 1.807) is 12.1 Å². The molecule has 1 rings (SSSR count). The Bertz CT molecular complexity index is 970. The van der Waals surface area contributed by atoms with Gasteiger partial charge in [0.15, 0.2) is 5.96 Å². The Morgan fingerprint density at radius 3 is 2.00 bits per heavy atom. The van der Waals surface area contributed by atoms with Gasteiger partial charge in [-0.2, -0.15) is 0 Å². The largest absolute Gasteiger partial charge is 0.508 e. The molecule has 0 radical (unpaired) electrons. The van der Waals surface area contributed by atoms with E-state index >= 15 is 0 Å². The summed E-state index contributed by atoms with van der Waals surface area (Å²) < 4.78 is 0. The number of hydrogen-bond donors (Lipinski definition) is 10. The Labute approximate surface area is 226 Å². The third-order valence-corrected chi connectivity index (χ3v) is 5.69. The summed E-state index contributed by atoms with van der Waals surface area (Å²) in [5.74, 6) is -3.78. The van der Waals surface area contributed by atoms with E-state index < -0.39 is 54.5 Å². The topological polar surface area (TPSA) is 282 Å². The van der Waals surface area contributed by atoms with Crippen LogP contribution in [0.1, 0.15) is 37.7 Å². The predicted molar refractivity (Wildman–Crippen MR) is 143 cm³/mol. The van der Waals surface area contributed by atoms with Crippen LogP contribution in [0.25, 0.3) is 0 Å². The van der Waals surface area contributed by atoms with E-state index in [1.165, 1.54) is 12.1 Å². The fourth-order valence-corrected chi connectivity index (χ4v) is 3.50. The van der Waals surface area contributed by atoms with Crippen molar-refractivity contribution >= 4 is 29.7 Å². The Hall–Kier alpha value is -3.95. The number of hydrogen-bond acceptors (Lipinski definition) is 9. The van der Waals surface area contributed by atoms with Gasteiger partial charge in [0.25, 0.3) is 0 Å². The molecule has 0 heterocycles. The molecule has 0 bridgehead atoms. The summed E-state index contributed by atoms with van der Waals surface area (Å²) >= 11 is 0. The number of carbonyl (C=O) groups excluding carboxylic acids is 3. The molecule has 0 saturated carbocycles. The van der Waals surface area contributed by atoms with E-state index in [1.807, 2.05) is 0 Å². The number of amides is 3. The molecule has 0 unspecified atom stereocenters. The van der Waals surface area contributed by atoms with Crippen molar-refractivity contribution in [2.75, 3.05) is 19.7 Å². The van der Waals surface area contributed by atoms with Crippen molar-refractivity contribution in [3.63, 3.8) is 0 Å². The molecule has 0 aliphatic rings. The first-order valence-electron chi connectivity index (χ1n) is 12.5. The van der Waals surface area contributed by atoms with Crippen molar-refractivity contribution in [2.24, 2.45) is 27.9 Å². The number of carboxylic acids is 1. The van der Waals surface area contributed by atoms with Crippen LogP contribution in [0.4, 0.5) is 0 Å². The highest BCUT2D eigenvalue weighted by Gasteiger charge is 2.30. The number of aliphatic carboxylic acids is 1. The first kappa shape index (κ1) is 33.1. The zero-order valence-electron chi connectivity index (χ0n) is 21.7. The van der Waals surface area contributed by atoms with E-state index in [-0.39, 0.29) is 37.5 Å². The van der Waals surface area contributed by atoms with Crippen LogP contribution in [0.5, 0.6) is 5.75 Å². The Morgan fingerprint density at radius 2 is 1.44 bits per heavy atom. The van der Waals surface area contributed by atoms with Crippen LogP contribution >= 0.6 is 0 Å². The van der Waals surface area contributed by atoms with Gasteiger partial charge in [-0.3, -0.25) is 19.4 Å².